The molecular formula is C23H31F3N4O6. The Hall–Kier alpha value is -2.77. The molecule has 0 aromatic heterocycles. The number of morpholine rings is 1. The maximum Gasteiger partial charge on any atom is 0.573 e. The van der Waals surface area contributed by atoms with Gasteiger partial charge in [-0.1, -0.05) is 6.07 Å². The number of hydrogen-bond donors (Lipinski definition) is 1. The third-order valence-electron chi connectivity index (χ3n) is 6.56. The third kappa shape index (κ3) is 6.13. The monoisotopic (exact) mass is 516 g/mol. The van der Waals surface area contributed by atoms with E-state index in [1.165, 1.54) is 11.0 Å². The maximum absolute atomic E-state index is 13.2. The minimum Gasteiger partial charge on any atom is -0.405 e. The highest BCUT2D eigenvalue weighted by Gasteiger charge is 2.41. The molecule has 200 valence electrons. The lowest BCUT2D eigenvalue weighted by Gasteiger charge is -2.46. The van der Waals surface area contributed by atoms with Crippen molar-refractivity contribution < 1.29 is 42.2 Å². The van der Waals surface area contributed by atoms with Gasteiger partial charge < -0.3 is 24.3 Å². The van der Waals surface area contributed by atoms with Crippen LogP contribution >= 0.6 is 0 Å². The molecule has 1 unspecified atom stereocenters. The minimum atomic E-state index is -4.84. The lowest BCUT2D eigenvalue weighted by Crippen LogP contribution is -2.61. The number of rotatable bonds is 5. The average molecular weight is 517 g/mol. The molecule has 1 atom stereocenters. The summed E-state index contributed by atoms with van der Waals surface area (Å²) in [4.78, 5) is 35.1. The van der Waals surface area contributed by atoms with E-state index in [-0.39, 0.29) is 31.7 Å². The van der Waals surface area contributed by atoms with E-state index in [2.05, 4.69) is 4.74 Å². The Morgan fingerprint density at radius 2 is 1.92 bits per heavy atom. The molecule has 0 spiro atoms. The van der Waals surface area contributed by atoms with Crippen molar-refractivity contribution in [3.63, 3.8) is 0 Å². The first-order chi connectivity index (χ1) is 16.9. The highest BCUT2D eigenvalue weighted by Crippen LogP contribution is 2.33. The number of halogens is 3. The van der Waals surface area contributed by atoms with Crippen molar-refractivity contribution in [2.45, 2.75) is 51.4 Å². The van der Waals surface area contributed by atoms with Gasteiger partial charge in [0.15, 0.2) is 6.23 Å². The van der Waals surface area contributed by atoms with Gasteiger partial charge in [0.2, 0.25) is 0 Å². The molecule has 1 aromatic rings. The number of carbonyl (C=O) groups is 2. The minimum absolute atomic E-state index is 0.0955. The number of piperazine rings is 1. The first-order valence-electron chi connectivity index (χ1n) is 11.9. The molecule has 1 aromatic carbocycles. The van der Waals surface area contributed by atoms with Crippen molar-refractivity contribution >= 4 is 17.7 Å². The first kappa shape index (κ1) is 26.3. The van der Waals surface area contributed by atoms with Crippen LogP contribution in [-0.2, 0) is 20.9 Å². The molecule has 0 bridgehead atoms. The van der Waals surface area contributed by atoms with Gasteiger partial charge in [-0.3, -0.25) is 14.6 Å². The van der Waals surface area contributed by atoms with Crippen molar-refractivity contribution in [3.05, 3.63) is 23.8 Å². The standard InChI is InChI=1S/C23H31F3N4O6/c1-22(2)15-27(7-8-29(22)21(33)36-30-19(31)5-6-20(30)32)14-16-3-4-17(28-9-11-34-12-10-28)13-18(16)35-23(24,25)26/h3-4,13,19,31H,5-12,14-15H2,1-2H3. The number of alkyl halides is 3. The number of carbonyl (C=O) groups excluding carboxylic acids is 2. The normalized spacial score (nSPS) is 23.2. The summed E-state index contributed by atoms with van der Waals surface area (Å²) in [5.74, 6) is -0.724. The number of aliphatic hydroxyl groups is 1. The number of hydroxylamine groups is 2. The lowest BCUT2D eigenvalue weighted by atomic mass is 9.98. The molecule has 3 aliphatic rings. The number of ether oxygens (including phenoxy) is 2. The van der Waals surface area contributed by atoms with Crippen molar-refractivity contribution in [1.29, 1.82) is 0 Å². The topological polar surface area (TPSA) is 95.0 Å². The molecule has 2 amide bonds. The van der Waals surface area contributed by atoms with E-state index in [1.54, 1.807) is 26.0 Å². The van der Waals surface area contributed by atoms with Gasteiger partial charge in [0, 0.05) is 69.4 Å². The zero-order valence-corrected chi connectivity index (χ0v) is 20.3. The van der Waals surface area contributed by atoms with Gasteiger partial charge in [-0.05, 0) is 19.9 Å². The number of anilines is 1. The Morgan fingerprint density at radius 3 is 2.53 bits per heavy atom. The molecule has 3 saturated heterocycles. The van der Waals surface area contributed by atoms with Gasteiger partial charge in [0.05, 0.1) is 18.8 Å². The van der Waals surface area contributed by atoms with Gasteiger partial charge in [-0.15, -0.1) is 18.2 Å². The molecular weight excluding hydrogens is 485 g/mol. The van der Waals surface area contributed by atoms with Crippen LogP contribution in [0, 0.1) is 0 Å². The van der Waals surface area contributed by atoms with Crippen LogP contribution in [0.15, 0.2) is 18.2 Å². The summed E-state index contributed by atoms with van der Waals surface area (Å²) in [5, 5.41) is 10.5. The Morgan fingerprint density at radius 1 is 1.19 bits per heavy atom. The Bertz CT molecular complexity index is 970. The second kappa shape index (κ2) is 10.3. The van der Waals surface area contributed by atoms with Crippen molar-refractivity contribution in [3.8, 4) is 5.75 Å². The fourth-order valence-corrected chi connectivity index (χ4v) is 4.77. The molecule has 10 nitrogen and oxygen atoms in total. The van der Waals surface area contributed by atoms with E-state index in [0.717, 1.165) is 0 Å². The highest BCUT2D eigenvalue weighted by atomic mass is 19.4. The van der Waals surface area contributed by atoms with Gasteiger partial charge in [-0.2, -0.15) is 0 Å². The van der Waals surface area contributed by atoms with E-state index < -0.39 is 30.1 Å². The summed E-state index contributed by atoms with van der Waals surface area (Å²) in [6.45, 7) is 6.90. The number of benzene rings is 1. The Labute approximate surface area is 207 Å². The number of amides is 2. The molecule has 0 aliphatic carbocycles. The van der Waals surface area contributed by atoms with Crippen LogP contribution in [-0.4, -0.2) is 96.0 Å². The van der Waals surface area contributed by atoms with E-state index in [0.29, 0.717) is 55.7 Å². The predicted molar refractivity (Wildman–Crippen MR) is 121 cm³/mol. The summed E-state index contributed by atoms with van der Waals surface area (Å²) in [7, 11) is 0. The lowest BCUT2D eigenvalue weighted by molar-refractivity contribution is -0.275. The molecule has 3 fully saturated rings. The Kier molecular flexibility index (Phi) is 7.53. The fourth-order valence-electron chi connectivity index (χ4n) is 4.77. The van der Waals surface area contributed by atoms with Crippen LogP contribution in [0.25, 0.3) is 0 Å². The van der Waals surface area contributed by atoms with Crippen LogP contribution in [0.1, 0.15) is 32.3 Å². The third-order valence-corrected chi connectivity index (χ3v) is 6.56. The molecule has 4 rings (SSSR count). The molecule has 0 saturated carbocycles. The van der Waals surface area contributed by atoms with Crippen LogP contribution in [0.3, 0.4) is 0 Å². The van der Waals surface area contributed by atoms with Crippen molar-refractivity contribution in [2.75, 3.05) is 50.8 Å². The van der Waals surface area contributed by atoms with Crippen molar-refractivity contribution in [2.24, 2.45) is 0 Å². The van der Waals surface area contributed by atoms with Gasteiger partial charge >= 0.3 is 12.5 Å². The largest absolute Gasteiger partial charge is 0.573 e. The smallest absolute Gasteiger partial charge is 0.405 e. The summed E-state index contributed by atoms with van der Waals surface area (Å²) >= 11 is 0. The summed E-state index contributed by atoms with van der Waals surface area (Å²) < 4.78 is 49.3. The molecule has 3 heterocycles. The van der Waals surface area contributed by atoms with Gasteiger partial charge in [0.25, 0.3) is 5.91 Å². The van der Waals surface area contributed by atoms with Crippen LogP contribution in [0.2, 0.25) is 0 Å². The quantitative estimate of drug-likeness (QED) is 0.638. The summed E-state index contributed by atoms with van der Waals surface area (Å²) in [5.41, 5.74) is 0.261. The van der Waals surface area contributed by atoms with E-state index >= 15 is 0 Å². The number of hydrogen-bond acceptors (Lipinski definition) is 8. The van der Waals surface area contributed by atoms with E-state index in [9.17, 15) is 27.9 Å². The van der Waals surface area contributed by atoms with Crippen LogP contribution in [0.5, 0.6) is 5.75 Å². The number of nitrogens with zero attached hydrogens (tertiary/aromatic N) is 4. The molecule has 0 radical (unpaired) electrons. The zero-order valence-electron chi connectivity index (χ0n) is 20.3. The molecule has 36 heavy (non-hydrogen) atoms. The second-order valence-electron chi connectivity index (χ2n) is 9.71. The highest BCUT2D eigenvalue weighted by molar-refractivity contribution is 5.79. The first-order valence-corrected chi connectivity index (χ1v) is 11.9. The SMILES string of the molecule is CC1(C)CN(Cc2ccc(N3CCOCC3)cc2OC(F)(F)F)CCN1C(=O)ON1C(=O)CCC1O. The van der Waals surface area contributed by atoms with E-state index in [1.807, 2.05) is 9.80 Å². The van der Waals surface area contributed by atoms with Gasteiger partial charge in [0.1, 0.15) is 5.75 Å². The number of aliphatic hydroxyl groups excluding tert-OH is 1. The molecule has 1 N–H and O–H groups in total. The average Bonchev–Trinajstić information content (AvgIpc) is 3.11. The predicted octanol–water partition coefficient (Wildman–Crippen LogP) is 2.31. The van der Waals surface area contributed by atoms with E-state index in [4.69, 9.17) is 9.57 Å². The fraction of sp³-hybridized carbons (Fsp3) is 0.652. The summed E-state index contributed by atoms with van der Waals surface area (Å²) in [6.07, 6.45) is -6.48. The van der Waals surface area contributed by atoms with Gasteiger partial charge in [-0.25, -0.2) is 4.79 Å². The van der Waals surface area contributed by atoms with Crippen molar-refractivity contribution in [1.82, 2.24) is 14.9 Å². The second-order valence-corrected chi connectivity index (χ2v) is 9.71. The molecule has 3 aliphatic heterocycles. The Balaban J connectivity index is 1.44. The molecule has 13 heteroatoms. The van der Waals surface area contributed by atoms with Crippen LogP contribution in [0.4, 0.5) is 23.7 Å². The maximum atomic E-state index is 13.2. The zero-order chi connectivity index (χ0) is 26.1. The van der Waals surface area contributed by atoms with Crippen LogP contribution < -0.4 is 9.64 Å². The summed E-state index contributed by atoms with van der Waals surface area (Å²) in [6, 6.07) is 4.83.